The van der Waals surface area contributed by atoms with Crippen LogP contribution < -0.4 is 31.8 Å². The van der Waals surface area contributed by atoms with E-state index < -0.39 is 14.3 Å². The van der Waals surface area contributed by atoms with E-state index in [9.17, 15) is 0 Å². The molecule has 0 aliphatic rings. The first-order valence-electron chi connectivity index (χ1n) is 13.7. The minimum Gasteiger partial charge on any atom is -0.309 e. The third kappa shape index (κ3) is 5.07. The monoisotopic (exact) mass is 568 g/mol. The van der Waals surface area contributed by atoms with Gasteiger partial charge in [0.15, 0.2) is 14.3 Å². The average Bonchev–Trinajstić information content (AvgIpc) is 3.06. The van der Waals surface area contributed by atoms with Gasteiger partial charge < -0.3 is 9.13 Å². The van der Waals surface area contributed by atoms with Crippen molar-refractivity contribution >= 4 is 46.1 Å². The van der Waals surface area contributed by atoms with Crippen molar-refractivity contribution < 1.29 is 9.13 Å². The van der Waals surface area contributed by atoms with Crippen LogP contribution in [0.3, 0.4) is 0 Å². The van der Waals surface area contributed by atoms with Crippen molar-refractivity contribution in [2.45, 2.75) is 6.42 Å². The van der Waals surface area contributed by atoms with E-state index in [4.69, 9.17) is 0 Å². The zero-order valence-electron chi connectivity index (χ0n) is 22.6. The summed E-state index contributed by atoms with van der Waals surface area (Å²) in [5, 5.41) is 4.80. The van der Waals surface area contributed by atoms with Gasteiger partial charge in [-0.2, -0.15) is 0 Å². The molecule has 0 amide bonds. The second-order valence-corrected chi connectivity index (χ2v) is 15.5. The molecule has 0 bridgehead atoms. The molecule has 6 rings (SSSR count). The lowest BCUT2D eigenvalue weighted by molar-refractivity contribution is 0.591. The molecule has 0 unspecified atom stereocenters. The summed E-state index contributed by atoms with van der Waals surface area (Å²) >= 11 is 0. The van der Waals surface area contributed by atoms with Crippen LogP contribution in [0.25, 0.3) is 0 Å². The van der Waals surface area contributed by atoms with Crippen molar-refractivity contribution in [1.29, 1.82) is 0 Å². The van der Waals surface area contributed by atoms with Crippen molar-refractivity contribution in [2.24, 2.45) is 0 Å². The van der Waals surface area contributed by atoms with Crippen molar-refractivity contribution in [3.8, 4) is 0 Å². The first-order valence-corrected chi connectivity index (χ1v) is 17.1. The van der Waals surface area contributed by atoms with Gasteiger partial charge in [0, 0.05) is 31.8 Å². The van der Waals surface area contributed by atoms with Gasteiger partial charge in [-0.05, 0) is 17.5 Å². The molecule has 0 N–H and O–H groups in total. The van der Waals surface area contributed by atoms with Gasteiger partial charge in [0.05, 0.1) is 0 Å². The molecule has 0 heterocycles. The molecule has 0 saturated carbocycles. The largest absolute Gasteiger partial charge is 0.309 e. The molecule has 0 radical (unpaired) electrons. The molecule has 4 heteroatoms. The van der Waals surface area contributed by atoms with Crippen LogP contribution in [0.1, 0.15) is 11.1 Å². The molecule has 6 aromatic carbocycles. The Labute approximate surface area is 242 Å². The van der Waals surface area contributed by atoms with Gasteiger partial charge in [-0.25, -0.2) is 0 Å². The minimum atomic E-state index is -3.19. The molecule has 0 aliphatic heterocycles. The predicted octanol–water partition coefficient (Wildman–Crippen LogP) is 6.56. The zero-order valence-corrected chi connectivity index (χ0v) is 24.4. The lowest BCUT2D eigenvalue weighted by atomic mass is 10.1. The van der Waals surface area contributed by atoms with E-state index in [1.165, 1.54) is 0 Å². The molecule has 41 heavy (non-hydrogen) atoms. The van der Waals surface area contributed by atoms with Gasteiger partial charge in [0.25, 0.3) is 0 Å². The average molecular weight is 569 g/mol. The van der Waals surface area contributed by atoms with Crippen LogP contribution in [0.4, 0.5) is 0 Å². The predicted molar refractivity (Wildman–Crippen MR) is 174 cm³/mol. The fourth-order valence-corrected chi connectivity index (χ4v) is 11.3. The summed E-state index contributed by atoms with van der Waals surface area (Å²) in [4.78, 5) is 0. The van der Waals surface area contributed by atoms with Crippen LogP contribution >= 0.6 is 14.3 Å². The maximum Gasteiger partial charge on any atom is 0.171 e. The van der Waals surface area contributed by atoms with Crippen LogP contribution in [0, 0.1) is 0 Å². The van der Waals surface area contributed by atoms with E-state index in [-0.39, 0.29) is 0 Å². The molecule has 0 saturated heterocycles. The summed E-state index contributed by atoms with van der Waals surface area (Å²) in [5.41, 5.74) is 1.92. The Balaban J connectivity index is 1.54. The van der Waals surface area contributed by atoms with E-state index in [2.05, 4.69) is 12.1 Å². The highest BCUT2D eigenvalue weighted by atomic mass is 31.2. The highest BCUT2D eigenvalue weighted by Crippen LogP contribution is 2.45. The molecular formula is C37H30O2P2. The third-order valence-corrected chi connectivity index (χ3v) is 13.9. The summed E-state index contributed by atoms with van der Waals surface area (Å²) in [7, 11) is -6.38. The fraction of sp³-hybridized carbons (Fsp3) is 0.0270. The van der Waals surface area contributed by atoms with Gasteiger partial charge in [-0.3, -0.25) is 0 Å². The highest BCUT2D eigenvalue weighted by Gasteiger charge is 2.34. The van der Waals surface area contributed by atoms with E-state index in [1.807, 2.05) is 158 Å². The normalized spacial score (nSPS) is 11.7. The number of hydrogen-bond donors (Lipinski definition) is 0. The van der Waals surface area contributed by atoms with Crippen molar-refractivity contribution in [2.75, 3.05) is 0 Å². The maximum atomic E-state index is 15.3. The van der Waals surface area contributed by atoms with Crippen LogP contribution in [0.15, 0.2) is 170 Å². The third-order valence-electron chi connectivity index (χ3n) is 7.52. The zero-order chi connectivity index (χ0) is 28.1. The van der Waals surface area contributed by atoms with E-state index in [0.29, 0.717) is 6.42 Å². The fourth-order valence-electron chi connectivity index (χ4n) is 5.55. The number of rotatable bonds is 8. The lowest BCUT2D eigenvalue weighted by Crippen LogP contribution is -2.29. The summed E-state index contributed by atoms with van der Waals surface area (Å²) in [5.74, 6) is 0. The molecule has 0 fully saturated rings. The Morgan fingerprint density at radius 1 is 0.317 bits per heavy atom. The second-order valence-electron chi connectivity index (χ2n) is 9.99. The smallest absolute Gasteiger partial charge is 0.171 e. The van der Waals surface area contributed by atoms with Crippen LogP contribution in [0.2, 0.25) is 0 Å². The quantitative estimate of drug-likeness (QED) is 0.195. The Bertz CT molecular complexity index is 1630. The molecular weight excluding hydrogens is 538 g/mol. The maximum absolute atomic E-state index is 15.3. The molecule has 0 aromatic heterocycles. The second kappa shape index (κ2) is 11.7. The Kier molecular flexibility index (Phi) is 7.71. The molecule has 2 nitrogen and oxygen atoms in total. The van der Waals surface area contributed by atoms with Gasteiger partial charge in [-0.15, -0.1) is 0 Å². The molecule has 0 spiro atoms. The van der Waals surface area contributed by atoms with Gasteiger partial charge in [0.2, 0.25) is 0 Å². The topological polar surface area (TPSA) is 34.1 Å². The van der Waals surface area contributed by atoms with Crippen LogP contribution in [-0.4, -0.2) is 0 Å². The van der Waals surface area contributed by atoms with E-state index >= 15 is 9.13 Å². The lowest BCUT2D eigenvalue weighted by Gasteiger charge is -2.25. The molecule has 0 aliphatic carbocycles. The molecule has 200 valence electrons. The summed E-state index contributed by atoms with van der Waals surface area (Å²) in [6.07, 6.45) is 0.500. The SMILES string of the molecule is O=P(c1ccccc1)(c1ccccc1)c1ccccc1Cc1ccccc1P(=O)(c1ccccc1)c1ccccc1. The number of benzene rings is 6. The molecule has 6 aromatic rings. The first-order chi connectivity index (χ1) is 20.1. The van der Waals surface area contributed by atoms with Gasteiger partial charge >= 0.3 is 0 Å². The van der Waals surface area contributed by atoms with E-state index in [1.54, 1.807) is 0 Å². The van der Waals surface area contributed by atoms with Crippen molar-refractivity contribution in [1.82, 2.24) is 0 Å². The summed E-state index contributed by atoms with van der Waals surface area (Å²) in [6, 6.07) is 55.0. The highest BCUT2D eigenvalue weighted by molar-refractivity contribution is 7.85. The van der Waals surface area contributed by atoms with Gasteiger partial charge in [-0.1, -0.05) is 170 Å². The number of hydrogen-bond acceptors (Lipinski definition) is 2. The van der Waals surface area contributed by atoms with Gasteiger partial charge in [0.1, 0.15) is 0 Å². The summed E-state index contributed by atoms with van der Waals surface area (Å²) < 4.78 is 30.6. The Hall–Kier alpha value is -4.22. The Morgan fingerprint density at radius 3 is 0.854 bits per heavy atom. The minimum absolute atomic E-state index is 0.500. The Morgan fingerprint density at radius 2 is 0.561 bits per heavy atom. The molecule has 0 atom stereocenters. The summed E-state index contributed by atoms with van der Waals surface area (Å²) in [6.45, 7) is 0. The first kappa shape index (κ1) is 27.0. The van der Waals surface area contributed by atoms with E-state index in [0.717, 1.165) is 43.0 Å². The van der Waals surface area contributed by atoms with Crippen molar-refractivity contribution in [3.05, 3.63) is 181 Å². The van der Waals surface area contributed by atoms with Crippen LogP contribution in [-0.2, 0) is 15.6 Å². The van der Waals surface area contributed by atoms with Crippen LogP contribution in [0.5, 0.6) is 0 Å². The van der Waals surface area contributed by atoms with Crippen molar-refractivity contribution in [3.63, 3.8) is 0 Å². The standard InChI is InChI=1S/C37H30O2P2/c38-40(32-19-5-1-6-20-32,33-21-7-2-8-22-33)36-27-15-13-17-30(36)29-31-18-14-16-28-37(31)41(39,34-23-9-3-10-24-34)35-25-11-4-12-26-35/h1-28H,29H2.